The monoisotopic (exact) mass is 321 g/mol. The first-order valence-electron chi connectivity index (χ1n) is 9.31. The molecule has 0 aliphatic carbocycles. The molecule has 0 aliphatic heterocycles. The minimum Gasteiger partial charge on any atom is -0.491 e. The zero-order valence-electron chi connectivity index (χ0n) is 15.3. The highest BCUT2D eigenvalue weighted by Gasteiger charge is 2.04. The fourth-order valence-electron chi connectivity index (χ4n) is 2.56. The molecular formula is C20H35NO2. The van der Waals surface area contributed by atoms with Gasteiger partial charge in [-0.3, -0.25) is 0 Å². The summed E-state index contributed by atoms with van der Waals surface area (Å²) in [5.74, 6) is 0.913. The lowest BCUT2D eigenvalue weighted by molar-refractivity contribution is 0.110. The maximum absolute atomic E-state index is 5.64. The van der Waals surface area contributed by atoms with Crippen LogP contribution < -0.4 is 10.1 Å². The van der Waals surface area contributed by atoms with Gasteiger partial charge in [-0.1, -0.05) is 51.2 Å². The third kappa shape index (κ3) is 9.62. The normalized spacial score (nSPS) is 12.3. The van der Waals surface area contributed by atoms with Crippen molar-refractivity contribution in [3.05, 3.63) is 29.8 Å². The van der Waals surface area contributed by atoms with E-state index in [4.69, 9.17) is 9.47 Å². The number of rotatable bonds is 14. The molecule has 0 amide bonds. The van der Waals surface area contributed by atoms with Crippen molar-refractivity contribution < 1.29 is 9.47 Å². The Hall–Kier alpha value is -1.06. The van der Waals surface area contributed by atoms with Gasteiger partial charge in [0, 0.05) is 12.6 Å². The van der Waals surface area contributed by atoms with Crippen molar-refractivity contribution in [2.45, 2.75) is 65.3 Å². The van der Waals surface area contributed by atoms with Crippen molar-refractivity contribution >= 4 is 0 Å². The summed E-state index contributed by atoms with van der Waals surface area (Å²) in [6.45, 7) is 9.58. The third-order valence-electron chi connectivity index (χ3n) is 4.06. The molecule has 0 spiro atoms. The van der Waals surface area contributed by atoms with E-state index >= 15 is 0 Å². The highest BCUT2D eigenvalue weighted by atomic mass is 16.5. The van der Waals surface area contributed by atoms with Gasteiger partial charge in [0.05, 0.1) is 6.61 Å². The molecule has 0 heterocycles. The molecule has 1 aromatic carbocycles. The summed E-state index contributed by atoms with van der Waals surface area (Å²) in [6, 6.07) is 8.78. The topological polar surface area (TPSA) is 30.5 Å². The van der Waals surface area contributed by atoms with E-state index in [2.05, 4.69) is 31.3 Å². The van der Waals surface area contributed by atoms with Crippen molar-refractivity contribution in [2.75, 3.05) is 26.4 Å². The molecule has 3 heteroatoms. The SMILES string of the molecule is CCCCCCCCNC(C)c1ccc(OCCOCC)cc1. The minimum absolute atomic E-state index is 0.392. The number of hydrogen-bond donors (Lipinski definition) is 1. The molecule has 1 atom stereocenters. The van der Waals surface area contributed by atoms with Crippen LogP contribution in [0.4, 0.5) is 0 Å². The molecule has 0 aromatic heterocycles. The second-order valence-corrected chi connectivity index (χ2v) is 6.06. The van der Waals surface area contributed by atoms with Crippen LogP contribution in [-0.4, -0.2) is 26.4 Å². The Bertz CT molecular complexity index is 378. The van der Waals surface area contributed by atoms with Crippen LogP contribution in [0, 0.1) is 0 Å². The van der Waals surface area contributed by atoms with Gasteiger partial charge < -0.3 is 14.8 Å². The molecule has 132 valence electrons. The maximum Gasteiger partial charge on any atom is 0.119 e. The summed E-state index contributed by atoms with van der Waals surface area (Å²) in [7, 11) is 0. The molecule has 1 N–H and O–H groups in total. The van der Waals surface area contributed by atoms with Gasteiger partial charge in [-0.05, 0) is 44.5 Å². The Morgan fingerprint density at radius 1 is 0.913 bits per heavy atom. The Balaban J connectivity index is 2.16. The fourth-order valence-corrected chi connectivity index (χ4v) is 2.56. The van der Waals surface area contributed by atoms with E-state index in [1.807, 2.05) is 19.1 Å². The zero-order valence-corrected chi connectivity index (χ0v) is 15.3. The quantitative estimate of drug-likeness (QED) is 0.483. The first-order chi connectivity index (χ1) is 11.3. The fraction of sp³-hybridized carbons (Fsp3) is 0.700. The van der Waals surface area contributed by atoms with Gasteiger partial charge >= 0.3 is 0 Å². The van der Waals surface area contributed by atoms with Crippen LogP contribution in [0.15, 0.2) is 24.3 Å². The number of unbranched alkanes of at least 4 members (excludes halogenated alkanes) is 5. The lowest BCUT2D eigenvalue weighted by Crippen LogP contribution is -2.19. The smallest absolute Gasteiger partial charge is 0.119 e. The summed E-state index contributed by atoms with van der Waals surface area (Å²) in [6.07, 6.45) is 8.07. The number of nitrogens with one attached hydrogen (secondary N) is 1. The van der Waals surface area contributed by atoms with E-state index in [0.717, 1.165) is 18.9 Å². The molecule has 0 fully saturated rings. The molecule has 23 heavy (non-hydrogen) atoms. The largest absolute Gasteiger partial charge is 0.491 e. The number of benzene rings is 1. The van der Waals surface area contributed by atoms with Gasteiger partial charge in [0.25, 0.3) is 0 Å². The van der Waals surface area contributed by atoms with Crippen molar-refractivity contribution in [1.82, 2.24) is 5.32 Å². The van der Waals surface area contributed by atoms with E-state index in [1.54, 1.807) is 0 Å². The van der Waals surface area contributed by atoms with Gasteiger partial charge in [0.15, 0.2) is 0 Å². The Morgan fingerprint density at radius 3 is 2.30 bits per heavy atom. The molecule has 0 aliphatic rings. The molecule has 0 saturated carbocycles. The van der Waals surface area contributed by atoms with Crippen LogP contribution in [0.25, 0.3) is 0 Å². The molecular weight excluding hydrogens is 286 g/mol. The number of hydrogen-bond acceptors (Lipinski definition) is 3. The van der Waals surface area contributed by atoms with Gasteiger partial charge in [0.1, 0.15) is 12.4 Å². The average molecular weight is 322 g/mol. The molecule has 0 bridgehead atoms. The lowest BCUT2D eigenvalue weighted by atomic mass is 10.1. The summed E-state index contributed by atoms with van der Waals surface area (Å²) in [5, 5.41) is 3.61. The highest BCUT2D eigenvalue weighted by Crippen LogP contribution is 2.17. The third-order valence-corrected chi connectivity index (χ3v) is 4.06. The van der Waals surface area contributed by atoms with E-state index < -0.39 is 0 Å². The van der Waals surface area contributed by atoms with Crippen molar-refractivity contribution in [3.63, 3.8) is 0 Å². The van der Waals surface area contributed by atoms with Crippen LogP contribution in [0.3, 0.4) is 0 Å². The van der Waals surface area contributed by atoms with Crippen LogP contribution >= 0.6 is 0 Å². The van der Waals surface area contributed by atoms with Crippen LogP contribution in [0.1, 0.15) is 70.9 Å². The Labute approximate surface area is 142 Å². The van der Waals surface area contributed by atoms with E-state index in [0.29, 0.717) is 19.3 Å². The second-order valence-electron chi connectivity index (χ2n) is 6.06. The Kier molecular flexibility index (Phi) is 11.6. The number of ether oxygens (including phenoxy) is 2. The van der Waals surface area contributed by atoms with Gasteiger partial charge in [-0.2, -0.15) is 0 Å². The summed E-state index contributed by atoms with van der Waals surface area (Å²) < 4.78 is 10.9. The first-order valence-corrected chi connectivity index (χ1v) is 9.31. The first kappa shape index (κ1) is 20.0. The summed E-state index contributed by atoms with van der Waals surface area (Å²) in [5.41, 5.74) is 1.31. The molecule has 0 saturated heterocycles. The standard InChI is InChI=1S/C20H35NO2/c1-4-6-7-8-9-10-15-21-18(3)19-11-13-20(14-12-19)23-17-16-22-5-2/h11-14,18,21H,4-10,15-17H2,1-3H3. The molecule has 0 radical (unpaired) electrons. The predicted octanol–water partition coefficient (Wildman–Crippen LogP) is 5.11. The van der Waals surface area contributed by atoms with Gasteiger partial charge in [0.2, 0.25) is 0 Å². The molecule has 1 rings (SSSR count). The van der Waals surface area contributed by atoms with E-state index in [1.165, 1.54) is 44.1 Å². The summed E-state index contributed by atoms with van der Waals surface area (Å²) in [4.78, 5) is 0. The highest BCUT2D eigenvalue weighted by molar-refractivity contribution is 5.28. The zero-order chi connectivity index (χ0) is 16.8. The predicted molar refractivity (Wildman–Crippen MR) is 98.2 cm³/mol. The van der Waals surface area contributed by atoms with Crippen molar-refractivity contribution in [1.29, 1.82) is 0 Å². The van der Waals surface area contributed by atoms with E-state index in [9.17, 15) is 0 Å². The van der Waals surface area contributed by atoms with Crippen LogP contribution in [-0.2, 0) is 4.74 Å². The summed E-state index contributed by atoms with van der Waals surface area (Å²) >= 11 is 0. The van der Waals surface area contributed by atoms with E-state index in [-0.39, 0.29) is 0 Å². The Morgan fingerprint density at radius 2 is 1.61 bits per heavy atom. The lowest BCUT2D eigenvalue weighted by Gasteiger charge is -2.15. The van der Waals surface area contributed by atoms with Crippen molar-refractivity contribution in [2.24, 2.45) is 0 Å². The van der Waals surface area contributed by atoms with Crippen LogP contribution in [0.5, 0.6) is 5.75 Å². The molecule has 3 nitrogen and oxygen atoms in total. The van der Waals surface area contributed by atoms with Gasteiger partial charge in [-0.25, -0.2) is 0 Å². The maximum atomic E-state index is 5.64. The minimum atomic E-state index is 0.392. The molecule has 1 unspecified atom stereocenters. The average Bonchev–Trinajstić information content (AvgIpc) is 2.58. The van der Waals surface area contributed by atoms with Crippen molar-refractivity contribution in [3.8, 4) is 5.75 Å². The second kappa shape index (κ2) is 13.4. The molecule has 1 aromatic rings. The van der Waals surface area contributed by atoms with Gasteiger partial charge in [-0.15, -0.1) is 0 Å². The van der Waals surface area contributed by atoms with Crippen LogP contribution in [0.2, 0.25) is 0 Å².